The summed E-state index contributed by atoms with van der Waals surface area (Å²) >= 11 is 0. The molecule has 3 N–H and O–H groups in total. The van der Waals surface area contributed by atoms with E-state index in [0.717, 1.165) is 28.8 Å². The minimum Gasteiger partial charge on any atom is -0.478 e. The normalized spacial score (nSPS) is 14.3. The van der Waals surface area contributed by atoms with E-state index in [1.54, 1.807) is 6.07 Å². The van der Waals surface area contributed by atoms with E-state index in [4.69, 9.17) is 0 Å². The number of rotatable bonds is 6. The molecule has 162 valence electrons. The van der Waals surface area contributed by atoms with E-state index in [0.29, 0.717) is 17.4 Å². The van der Waals surface area contributed by atoms with Gasteiger partial charge in [0.05, 0.1) is 11.1 Å². The number of carbonyl (C=O) groups is 1. The van der Waals surface area contributed by atoms with Crippen LogP contribution in [0, 0.1) is 6.92 Å². The zero-order chi connectivity index (χ0) is 22.1. The van der Waals surface area contributed by atoms with Crippen LogP contribution in [-0.4, -0.2) is 27.1 Å². The predicted octanol–water partition coefficient (Wildman–Crippen LogP) is 5.94. The molecule has 3 aromatic carbocycles. The zero-order valence-electron chi connectivity index (χ0n) is 18.2. The van der Waals surface area contributed by atoms with Crippen molar-refractivity contribution in [1.82, 2.24) is 15.3 Å². The molecule has 0 atom stereocenters. The number of hydrogen-bond acceptors (Lipinski definition) is 3. The highest BCUT2D eigenvalue weighted by Gasteiger charge is 2.15. The maximum absolute atomic E-state index is 11.8. The number of carboxylic acids is 1. The summed E-state index contributed by atoms with van der Waals surface area (Å²) in [4.78, 5) is 19.2. The second-order valence-corrected chi connectivity index (χ2v) is 8.69. The van der Waals surface area contributed by atoms with Gasteiger partial charge in [0.2, 0.25) is 0 Å². The Bertz CT molecular complexity index is 1270. The van der Waals surface area contributed by atoms with Crippen molar-refractivity contribution in [3.8, 4) is 22.3 Å². The number of fused-ring (bicyclic) bond motifs is 1. The number of aryl methyl sites for hydroxylation is 1. The first-order chi connectivity index (χ1) is 15.6. The second-order valence-electron chi connectivity index (χ2n) is 8.69. The molecule has 5 nitrogen and oxygen atoms in total. The molecule has 0 amide bonds. The lowest BCUT2D eigenvalue weighted by atomic mass is 9.97. The Kier molecular flexibility index (Phi) is 5.50. The topological polar surface area (TPSA) is 78.0 Å². The van der Waals surface area contributed by atoms with Crippen LogP contribution in [0.2, 0.25) is 0 Å². The number of aromatic carboxylic acids is 1. The van der Waals surface area contributed by atoms with Gasteiger partial charge in [-0.1, -0.05) is 55.3 Å². The Morgan fingerprint density at radius 2 is 1.72 bits per heavy atom. The van der Waals surface area contributed by atoms with E-state index in [1.807, 2.05) is 13.0 Å². The standard InChI is InChI=1S/C27H27N3O2/c1-17-29-25-15-22(14-24(27(31)32)26(25)30-17)20-11-9-19(10-12-20)21-6-4-5-18(13-21)16-28-23-7-2-3-8-23/h4-6,9-15,23,28H,2-3,7-8,16H2,1H3,(H,29,30)(H,31,32). The first-order valence-corrected chi connectivity index (χ1v) is 11.2. The fourth-order valence-electron chi connectivity index (χ4n) is 4.68. The molecular weight excluding hydrogens is 398 g/mol. The van der Waals surface area contributed by atoms with Crippen LogP contribution in [0.3, 0.4) is 0 Å². The minimum atomic E-state index is -0.969. The van der Waals surface area contributed by atoms with Crippen LogP contribution >= 0.6 is 0 Å². The number of aromatic nitrogens is 2. The van der Waals surface area contributed by atoms with E-state index in [1.165, 1.54) is 36.8 Å². The van der Waals surface area contributed by atoms with Crippen molar-refractivity contribution in [2.75, 3.05) is 0 Å². The van der Waals surface area contributed by atoms with Crippen LogP contribution in [0.25, 0.3) is 33.3 Å². The van der Waals surface area contributed by atoms with E-state index in [9.17, 15) is 9.90 Å². The summed E-state index contributed by atoms with van der Waals surface area (Å²) in [6.07, 6.45) is 5.25. The van der Waals surface area contributed by atoms with Crippen molar-refractivity contribution < 1.29 is 9.90 Å². The van der Waals surface area contributed by atoms with Gasteiger partial charge in [0.15, 0.2) is 0 Å². The highest BCUT2D eigenvalue weighted by molar-refractivity contribution is 6.03. The van der Waals surface area contributed by atoms with Gasteiger partial charge in [-0.3, -0.25) is 0 Å². The van der Waals surface area contributed by atoms with Gasteiger partial charge in [-0.2, -0.15) is 0 Å². The molecule has 0 bridgehead atoms. The minimum absolute atomic E-state index is 0.216. The molecule has 4 aromatic rings. The monoisotopic (exact) mass is 425 g/mol. The maximum Gasteiger partial charge on any atom is 0.337 e. The molecule has 1 heterocycles. The number of aromatic amines is 1. The quantitative estimate of drug-likeness (QED) is 0.357. The zero-order valence-corrected chi connectivity index (χ0v) is 18.2. The van der Waals surface area contributed by atoms with Gasteiger partial charge in [0, 0.05) is 12.6 Å². The summed E-state index contributed by atoms with van der Waals surface area (Å²) in [5.74, 6) is -0.264. The van der Waals surface area contributed by atoms with Gasteiger partial charge in [-0.15, -0.1) is 0 Å². The van der Waals surface area contributed by atoms with Crippen LogP contribution in [0.1, 0.15) is 47.4 Å². The third kappa shape index (κ3) is 4.16. The third-order valence-corrected chi connectivity index (χ3v) is 6.36. The molecule has 0 spiro atoms. The SMILES string of the molecule is Cc1nc2c(C(=O)O)cc(-c3ccc(-c4cccc(CNC5CCCC5)c4)cc3)cc2[nH]1. The molecule has 0 radical (unpaired) electrons. The lowest BCUT2D eigenvalue weighted by Gasteiger charge is -2.13. The fraction of sp³-hybridized carbons (Fsp3) is 0.259. The van der Waals surface area contributed by atoms with Crippen LogP contribution in [-0.2, 0) is 6.54 Å². The van der Waals surface area contributed by atoms with Gasteiger partial charge in [-0.05, 0) is 65.8 Å². The van der Waals surface area contributed by atoms with E-state index < -0.39 is 5.97 Å². The Morgan fingerprint density at radius 3 is 2.44 bits per heavy atom. The number of nitrogens with zero attached hydrogens (tertiary/aromatic N) is 1. The molecule has 0 unspecified atom stereocenters. The molecule has 1 aliphatic carbocycles. The van der Waals surface area contributed by atoms with Gasteiger partial charge in [0.25, 0.3) is 0 Å². The molecule has 1 aromatic heterocycles. The maximum atomic E-state index is 11.8. The van der Waals surface area contributed by atoms with Crippen molar-refractivity contribution in [3.05, 3.63) is 77.6 Å². The van der Waals surface area contributed by atoms with Gasteiger partial charge >= 0.3 is 5.97 Å². The van der Waals surface area contributed by atoms with Crippen LogP contribution < -0.4 is 5.32 Å². The van der Waals surface area contributed by atoms with E-state index >= 15 is 0 Å². The van der Waals surface area contributed by atoms with Crippen LogP contribution in [0.4, 0.5) is 0 Å². The molecule has 5 heteroatoms. The summed E-state index contributed by atoms with van der Waals surface area (Å²) in [5.41, 5.74) is 6.92. The lowest BCUT2D eigenvalue weighted by molar-refractivity contribution is 0.0699. The Hall–Kier alpha value is -3.44. The molecule has 1 aliphatic rings. The molecular formula is C27H27N3O2. The van der Waals surface area contributed by atoms with Crippen molar-refractivity contribution >= 4 is 17.0 Å². The number of carboxylic acid groups (broad SMARTS) is 1. The average molecular weight is 426 g/mol. The van der Waals surface area contributed by atoms with Crippen LogP contribution in [0.15, 0.2) is 60.7 Å². The molecule has 0 aliphatic heterocycles. The highest BCUT2D eigenvalue weighted by Crippen LogP contribution is 2.29. The van der Waals surface area contributed by atoms with Crippen molar-refractivity contribution in [1.29, 1.82) is 0 Å². The van der Waals surface area contributed by atoms with E-state index in [2.05, 4.69) is 63.8 Å². The second kappa shape index (κ2) is 8.60. The first-order valence-electron chi connectivity index (χ1n) is 11.2. The lowest BCUT2D eigenvalue weighted by Crippen LogP contribution is -2.25. The van der Waals surface area contributed by atoms with E-state index in [-0.39, 0.29) is 5.56 Å². The molecule has 1 saturated carbocycles. The summed E-state index contributed by atoms with van der Waals surface area (Å²) in [6.45, 7) is 2.73. The molecule has 0 saturated heterocycles. The number of nitrogens with one attached hydrogen (secondary N) is 2. The fourth-order valence-corrected chi connectivity index (χ4v) is 4.68. The first kappa shape index (κ1) is 20.5. The predicted molar refractivity (Wildman–Crippen MR) is 128 cm³/mol. The number of imidazole rings is 1. The molecule has 5 rings (SSSR count). The Balaban J connectivity index is 1.40. The number of benzene rings is 3. The average Bonchev–Trinajstić information content (AvgIpc) is 3.46. The summed E-state index contributed by atoms with van der Waals surface area (Å²) in [6, 6.07) is 21.3. The van der Waals surface area contributed by atoms with Gasteiger partial charge in [0.1, 0.15) is 11.3 Å². The van der Waals surface area contributed by atoms with Crippen molar-refractivity contribution in [2.45, 2.75) is 45.2 Å². The smallest absolute Gasteiger partial charge is 0.337 e. The molecule has 32 heavy (non-hydrogen) atoms. The third-order valence-electron chi connectivity index (χ3n) is 6.36. The number of hydrogen-bond donors (Lipinski definition) is 3. The van der Waals surface area contributed by atoms with Crippen LogP contribution in [0.5, 0.6) is 0 Å². The summed E-state index contributed by atoms with van der Waals surface area (Å²) < 4.78 is 0. The summed E-state index contributed by atoms with van der Waals surface area (Å²) in [7, 11) is 0. The van der Waals surface area contributed by atoms with Gasteiger partial charge < -0.3 is 15.4 Å². The highest BCUT2D eigenvalue weighted by atomic mass is 16.4. The van der Waals surface area contributed by atoms with Gasteiger partial charge in [-0.25, -0.2) is 9.78 Å². The Morgan fingerprint density at radius 1 is 1.00 bits per heavy atom. The molecule has 1 fully saturated rings. The van der Waals surface area contributed by atoms with Crippen molar-refractivity contribution in [2.24, 2.45) is 0 Å². The van der Waals surface area contributed by atoms with Crippen molar-refractivity contribution in [3.63, 3.8) is 0 Å². The largest absolute Gasteiger partial charge is 0.478 e. The summed E-state index contributed by atoms with van der Waals surface area (Å²) in [5, 5.41) is 13.3. The number of H-pyrrole nitrogens is 1. The Labute approximate surface area is 187 Å².